The van der Waals surface area contributed by atoms with Gasteiger partial charge in [-0.25, -0.2) is 9.98 Å². The van der Waals surface area contributed by atoms with Gasteiger partial charge in [0.25, 0.3) is 0 Å². The van der Waals surface area contributed by atoms with Gasteiger partial charge < -0.3 is 9.88 Å². The molecule has 0 radical (unpaired) electrons. The van der Waals surface area contributed by atoms with Gasteiger partial charge >= 0.3 is 0 Å². The minimum atomic E-state index is -0.501. The molecule has 0 bridgehead atoms. The van der Waals surface area contributed by atoms with Crippen LogP contribution in [0.4, 0.5) is 0 Å². The van der Waals surface area contributed by atoms with Gasteiger partial charge in [0.05, 0.1) is 16.4 Å². The van der Waals surface area contributed by atoms with Gasteiger partial charge in [0.2, 0.25) is 0 Å². The van der Waals surface area contributed by atoms with Gasteiger partial charge in [0.15, 0.2) is 5.84 Å². The molecule has 1 aliphatic heterocycles. The Hall–Kier alpha value is -8.08. The van der Waals surface area contributed by atoms with Crippen molar-refractivity contribution in [3.63, 3.8) is 0 Å². The molecule has 292 valence electrons. The summed E-state index contributed by atoms with van der Waals surface area (Å²) in [6.07, 6.45) is -0.290. The molecule has 2 heterocycles. The molecule has 1 aromatic heterocycles. The number of hydrogen-bond acceptors (Lipinski definition) is 3. The van der Waals surface area contributed by atoms with E-state index in [1.165, 1.54) is 55.3 Å². The van der Waals surface area contributed by atoms with E-state index in [4.69, 9.17) is 9.98 Å². The van der Waals surface area contributed by atoms with E-state index in [1.807, 2.05) is 24.3 Å². The lowest BCUT2D eigenvalue weighted by atomic mass is 9.67. The maximum Gasteiger partial charge on any atom is 0.159 e. The van der Waals surface area contributed by atoms with Crippen LogP contribution in [0, 0.1) is 0 Å². The molecule has 1 N–H and O–H groups in total. The first-order chi connectivity index (χ1) is 30.7. The van der Waals surface area contributed by atoms with Crippen LogP contribution in [0.2, 0.25) is 0 Å². The summed E-state index contributed by atoms with van der Waals surface area (Å²) in [4.78, 5) is 10.3. The molecule has 1 aliphatic carbocycles. The molecule has 0 saturated heterocycles. The highest BCUT2D eigenvalue weighted by atomic mass is 15.2. The number of nitrogens with one attached hydrogen (secondary N) is 1. The summed E-state index contributed by atoms with van der Waals surface area (Å²) in [6.45, 7) is 0. The zero-order valence-electron chi connectivity index (χ0n) is 33.9. The zero-order valence-corrected chi connectivity index (χ0v) is 33.9. The first-order valence-electron chi connectivity index (χ1n) is 21.3. The van der Waals surface area contributed by atoms with Crippen molar-refractivity contribution in [1.82, 2.24) is 9.88 Å². The number of fused-ring (bicyclic) bond motifs is 6. The fraction of sp³-hybridized carbons (Fsp3) is 0.0345. The fourth-order valence-electron chi connectivity index (χ4n) is 9.95. The van der Waals surface area contributed by atoms with Gasteiger partial charge in [-0.1, -0.05) is 200 Å². The average Bonchev–Trinajstić information content (AvgIpc) is 3.84. The molecule has 0 amide bonds. The number of aliphatic imine (C=N–C) groups is 2. The Kier molecular flexibility index (Phi) is 8.42. The largest absolute Gasteiger partial charge is 0.344 e. The van der Waals surface area contributed by atoms with Crippen molar-refractivity contribution >= 4 is 33.5 Å². The fourth-order valence-corrected chi connectivity index (χ4v) is 9.95. The first kappa shape index (κ1) is 35.8. The smallest absolute Gasteiger partial charge is 0.159 e. The predicted molar refractivity (Wildman–Crippen MR) is 255 cm³/mol. The van der Waals surface area contributed by atoms with Gasteiger partial charge in [-0.3, -0.25) is 0 Å². The van der Waals surface area contributed by atoms with Crippen LogP contribution in [0.25, 0.3) is 49.7 Å². The molecular formula is C58H40N4. The van der Waals surface area contributed by atoms with Crippen LogP contribution in [0.3, 0.4) is 0 Å². The number of hydrogen-bond donors (Lipinski definition) is 1. The van der Waals surface area contributed by atoms with Crippen molar-refractivity contribution in [3.05, 3.63) is 269 Å². The molecule has 1 atom stereocenters. The molecule has 10 aromatic rings. The van der Waals surface area contributed by atoms with Gasteiger partial charge in [-0.15, -0.1) is 0 Å². The molecule has 2 aliphatic rings. The van der Waals surface area contributed by atoms with Gasteiger partial charge in [-0.2, -0.15) is 0 Å². The molecule has 9 aromatic carbocycles. The van der Waals surface area contributed by atoms with E-state index in [9.17, 15) is 0 Å². The second-order valence-corrected chi connectivity index (χ2v) is 16.2. The van der Waals surface area contributed by atoms with Gasteiger partial charge in [0, 0.05) is 27.6 Å². The van der Waals surface area contributed by atoms with Crippen LogP contribution in [-0.4, -0.2) is 16.2 Å². The highest BCUT2D eigenvalue weighted by molar-refractivity contribution is 6.15. The standard InChI is InChI=1S/C58H40N4/c1-6-19-39(20-7-1)42-33-34-48-50-37-52-49(47-31-16-17-32-51(47)58(52,44-26-12-4-13-27-44)45-28-14-5-15-29-45)38-54(50)62(53(48)36-42)46-30-18-25-43(35-46)57-60-55(40-21-8-2-9-22-40)59-56(61-57)41-23-10-3-11-24-41/h1-38,55H,(H,59,60,61). The second-order valence-electron chi connectivity index (χ2n) is 16.2. The van der Waals surface area contributed by atoms with Crippen LogP contribution in [0.15, 0.2) is 241 Å². The van der Waals surface area contributed by atoms with Gasteiger partial charge in [0.1, 0.15) is 12.0 Å². The van der Waals surface area contributed by atoms with Crippen LogP contribution in [0.5, 0.6) is 0 Å². The van der Waals surface area contributed by atoms with E-state index in [0.717, 1.165) is 39.2 Å². The number of nitrogens with zero attached hydrogens (tertiary/aromatic N) is 3. The van der Waals surface area contributed by atoms with Crippen LogP contribution >= 0.6 is 0 Å². The molecule has 4 nitrogen and oxygen atoms in total. The van der Waals surface area contributed by atoms with Crippen LogP contribution in [-0.2, 0) is 5.41 Å². The van der Waals surface area contributed by atoms with Crippen molar-refractivity contribution in [1.29, 1.82) is 0 Å². The minimum absolute atomic E-state index is 0.290. The monoisotopic (exact) mass is 792 g/mol. The SMILES string of the molecule is c1ccc(C2=NC(c3ccccc3)NC(c3cccc(-n4c5cc(-c6ccccc6)ccc5c5cc6c(cc54)-c4ccccc4C6(c4ccccc4)c4ccccc4)c3)=N2)cc1. The van der Waals surface area contributed by atoms with Crippen molar-refractivity contribution in [2.24, 2.45) is 9.98 Å². The second kappa shape index (κ2) is 14.6. The number of amidine groups is 2. The Morgan fingerprint density at radius 3 is 1.73 bits per heavy atom. The summed E-state index contributed by atoms with van der Waals surface area (Å²) in [5.74, 6) is 1.49. The molecule has 4 heteroatoms. The Morgan fingerprint density at radius 1 is 0.419 bits per heavy atom. The zero-order chi connectivity index (χ0) is 41.0. The lowest BCUT2D eigenvalue weighted by Gasteiger charge is -2.34. The predicted octanol–water partition coefficient (Wildman–Crippen LogP) is 13.3. The number of aromatic nitrogens is 1. The highest BCUT2D eigenvalue weighted by Crippen LogP contribution is 2.57. The third-order valence-corrected chi connectivity index (χ3v) is 12.7. The molecule has 0 saturated carbocycles. The lowest BCUT2D eigenvalue weighted by Crippen LogP contribution is -2.33. The molecule has 1 unspecified atom stereocenters. The van der Waals surface area contributed by atoms with E-state index >= 15 is 0 Å². The lowest BCUT2D eigenvalue weighted by molar-refractivity contribution is 0.674. The Balaban J connectivity index is 1.11. The normalized spacial score (nSPS) is 15.1. The van der Waals surface area contributed by atoms with E-state index in [-0.39, 0.29) is 6.17 Å². The summed E-state index contributed by atoms with van der Waals surface area (Å²) >= 11 is 0. The third kappa shape index (κ3) is 5.68. The third-order valence-electron chi connectivity index (χ3n) is 12.7. The van der Waals surface area contributed by atoms with Crippen molar-refractivity contribution < 1.29 is 0 Å². The van der Waals surface area contributed by atoms with Gasteiger partial charge in [-0.05, 0) is 80.4 Å². The summed E-state index contributed by atoms with van der Waals surface area (Å²) in [5, 5.41) is 6.12. The maximum absolute atomic E-state index is 5.19. The quantitative estimate of drug-likeness (QED) is 0.172. The minimum Gasteiger partial charge on any atom is -0.344 e. The van der Waals surface area contributed by atoms with E-state index in [1.54, 1.807) is 0 Å². The van der Waals surface area contributed by atoms with Crippen LogP contribution < -0.4 is 5.32 Å². The van der Waals surface area contributed by atoms with E-state index < -0.39 is 5.41 Å². The van der Waals surface area contributed by atoms with E-state index in [2.05, 4.69) is 216 Å². The number of benzene rings is 9. The summed E-state index contributed by atoms with van der Waals surface area (Å²) in [7, 11) is 0. The van der Waals surface area contributed by atoms with Crippen molar-refractivity contribution in [2.75, 3.05) is 0 Å². The Morgan fingerprint density at radius 2 is 1.02 bits per heavy atom. The summed E-state index contributed by atoms with van der Waals surface area (Å²) < 4.78 is 2.46. The molecule has 62 heavy (non-hydrogen) atoms. The molecule has 0 spiro atoms. The molecule has 0 fully saturated rings. The highest BCUT2D eigenvalue weighted by Gasteiger charge is 2.46. The van der Waals surface area contributed by atoms with Crippen LogP contribution in [0.1, 0.15) is 45.1 Å². The van der Waals surface area contributed by atoms with Crippen molar-refractivity contribution in [3.8, 4) is 27.9 Å². The Labute approximate surface area is 360 Å². The summed E-state index contributed by atoms with van der Waals surface area (Å²) in [6, 6.07) is 83.1. The van der Waals surface area contributed by atoms with E-state index in [0.29, 0.717) is 5.84 Å². The summed E-state index contributed by atoms with van der Waals surface area (Å²) in [5.41, 5.74) is 15.9. The first-order valence-corrected chi connectivity index (χ1v) is 21.3. The Bertz CT molecular complexity index is 3310. The number of rotatable bonds is 7. The van der Waals surface area contributed by atoms with Crippen molar-refractivity contribution in [2.45, 2.75) is 11.6 Å². The molecule has 12 rings (SSSR count). The topological polar surface area (TPSA) is 41.7 Å². The molecular weight excluding hydrogens is 753 g/mol. The average molecular weight is 793 g/mol. The maximum atomic E-state index is 5.19.